The predicted molar refractivity (Wildman–Crippen MR) is 175 cm³/mol. The van der Waals surface area contributed by atoms with E-state index in [1.54, 1.807) is 6.92 Å². The first-order chi connectivity index (χ1) is 24.6. The Morgan fingerprint density at radius 2 is 1.62 bits per heavy atom. The van der Waals surface area contributed by atoms with Crippen LogP contribution >= 0.6 is 0 Å². The molecule has 0 radical (unpaired) electrons. The molecular formula is C35H36N2O15. The van der Waals surface area contributed by atoms with Gasteiger partial charge in [-0.15, -0.1) is 0 Å². The average Bonchev–Trinajstić information content (AvgIpc) is 3.09. The lowest BCUT2D eigenvalue weighted by Gasteiger charge is -2.52. The molecule has 6 rings (SSSR count). The van der Waals surface area contributed by atoms with E-state index in [4.69, 9.17) is 28.5 Å². The van der Waals surface area contributed by atoms with Gasteiger partial charge < -0.3 is 48.9 Å². The summed E-state index contributed by atoms with van der Waals surface area (Å²) in [5.41, 5.74) is -9.74. The van der Waals surface area contributed by atoms with Gasteiger partial charge in [-0.25, -0.2) is 4.79 Å². The molecule has 4 N–H and O–H groups in total. The van der Waals surface area contributed by atoms with Gasteiger partial charge in [-0.1, -0.05) is 11.2 Å². The minimum absolute atomic E-state index is 0.000662. The Hall–Kier alpha value is -4.91. The Morgan fingerprint density at radius 1 is 0.942 bits per heavy atom. The molecule has 17 nitrogen and oxygen atoms in total. The van der Waals surface area contributed by atoms with Crippen molar-refractivity contribution in [1.29, 1.82) is 0 Å². The molecule has 0 unspecified atom stereocenters. The van der Waals surface area contributed by atoms with Gasteiger partial charge in [-0.3, -0.25) is 24.2 Å². The summed E-state index contributed by atoms with van der Waals surface area (Å²) in [4.78, 5) is 78.9. The van der Waals surface area contributed by atoms with Crippen LogP contribution in [0.5, 0.6) is 11.5 Å². The SMILES string of the molecule is CON=C1[C@@H](OC)[C@H](C)O[C@H](N=C2CC(=O)c3c(cc4c(c3O)C(=O)[C@]3(OC)[C@H](O)Cc5cc(C)c(C(=O)OC)c(O)c5[C@]3(O)C4=O)C2=O)[C@@H]1OC. The zero-order chi connectivity index (χ0) is 38.2. The number of aliphatic hydroxyl groups is 2. The van der Waals surface area contributed by atoms with E-state index in [1.165, 1.54) is 34.3 Å². The largest absolute Gasteiger partial charge is 0.507 e. The Bertz CT molecular complexity index is 2020. The summed E-state index contributed by atoms with van der Waals surface area (Å²) in [6.45, 7) is 3.11. The van der Waals surface area contributed by atoms with Crippen LogP contribution in [0, 0.1) is 6.92 Å². The third-order valence-corrected chi connectivity index (χ3v) is 10.2. The zero-order valence-electron chi connectivity index (χ0n) is 29.1. The number of methoxy groups -OCH3 is 4. The number of esters is 1. The molecular weight excluding hydrogens is 688 g/mol. The van der Waals surface area contributed by atoms with Crippen molar-refractivity contribution in [2.45, 2.75) is 68.5 Å². The standard InChI is InChI=1S/C35H36N2O15/c1-12-8-14-9-19(39)35(50-6)31(44)22-16(30(43)34(35,46)23(14)27(42)20(12)33(45)49-5)10-15-21(26(22)41)18(38)11-17(25(15)40)36-32-29(48-4)24(37-51-7)28(47-3)13(2)52-32/h8,10,13,19,28-29,32,39,41-42,46H,9,11H2,1-7H3/t13-,19+,28-,29+,32-,34-,35+/m0/s1. The summed E-state index contributed by atoms with van der Waals surface area (Å²) in [6, 6.07) is 2.20. The number of nitrogens with zero attached hydrogens (tertiary/aromatic N) is 2. The normalized spacial score (nSPS) is 31.2. The highest BCUT2D eigenvalue weighted by Crippen LogP contribution is 2.56. The number of aliphatic hydroxyl groups excluding tert-OH is 1. The van der Waals surface area contributed by atoms with Gasteiger partial charge in [-0.2, -0.15) is 0 Å². The fourth-order valence-electron chi connectivity index (χ4n) is 7.97. The second kappa shape index (κ2) is 12.9. The number of ketones is 4. The number of benzene rings is 2. The quantitative estimate of drug-likeness (QED) is 0.237. The highest BCUT2D eigenvalue weighted by molar-refractivity contribution is 6.53. The van der Waals surface area contributed by atoms with Crippen LogP contribution in [0.25, 0.3) is 0 Å². The van der Waals surface area contributed by atoms with Crippen molar-refractivity contribution < 1.29 is 72.9 Å². The Morgan fingerprint density at radius 3 is 2.21 bits per heavy atom. The van der Waals surface area contributed by atoms with Crippen LogP contribution in [0.4, 0.5) is 0 Å². The van der Waals surface area contributed by atoms with Crippen LogP contribution in [0.3, 0.4) is 0 Å². The molecule has 7 atom stereocenters. The molecule has 3 aliphatic carbocycles. The van der Waals surface area contributed by atoms with Crippen molar-refractivity contribution in [1.82, 2.24) is 0 Å². The van der Waals surface area contributed by atoms with E-state index in [1.807, 2.05) is 0 Å². The molecule has 17 heteroatoms. The van der Waals surface area contributed by atoms with Crippen molar-refractivity contribution in [3.05, 3.63) is 56.6 Å². The molecule has 1 fully saturated rings. The van der Waals surface area contributed by atoms with E-state index in [9.17, 15) is 44.4 Å². The summed E-state index contributed by atoms with van der Waals surface area (Å²) < 4.78 is 27.3. The van der Waals surface area contributed by atoms with Crippen LogP contribution in [-0.2, 0) is 40.5 Å². The average molecular weight is 725 g/mol. The number of fused-ring (bicyclic) bond motifs is 5. The van der Waals surface area contributed by atoms with Crippen LogP contribution in [-0.4, -0.2) is 133 Å². The molecule has 0 amide bonds. The molecule has 2 aromatic rings. The molecule has 1 saturated heterocycles. The number of aliphatic imine (C=N–C) groups is 1. The number of aromatic hydroxyl groups is 2. The number of ether oxygens (including phenoxy) is 5. The molecule has 2 aromatic carbocycles. The lowest BCUT2D eigenvalue weighted by molar-refractivity contribution is -0.181. The summed E-state index contributed by atoms with van der Waals surface area (Å²) in [5, 5.41) is 50.9. The molecule has 0 aromatic heterocycles. The van der Waals surface area contributed by atoms with E-state index in [0.717, 1.165) is 20.3 Å². The summed E-state index contributed by atoms with van der Waals surface area (Å²) in [6.07, 6.45) is -6.71. The highest BCUT2D eigenvalue weighted by Gasteiger charge is 2.72. The van der Waals surface area contributed by atoms with Gasteiger partial charge >= 0.3 is 5.97 Å². The summed E-state index contributed by atoms with van der Waals surface area (Å²) >= 11 is 0. The highest BCUT2D eigenvalue weighted by atomic mass is 16.6. The van der Waals surface area contributed by atoms with Gasteiger partial charge in [0.1, 0.15) is 42.1 Å². The van der Waals surface area contributed by atoms with Gasteiger partial charge in [0.25, 0.3) is 0 Å². The van der Waals surface area contributed by atoms with Crippen LogP contribution in [0.1, 0.15) is 81.8 Å². The molecule has 0 saturated carbocycles. The molecule has 0 bridgehead atoms. The lowest BCUT2D eigenvalue weighted by Crippen LogP contribution is -2.73. The maximum Gasteiger partial charge on any atom is 0.341 e. The number of aryl methyl sites for hydroxylation is 1. The van der Waals surface area contributed by atoms with Crippen molar-refractivity contribution in [3.63, 3.8) is 0 Å². The van der Waals surface area contributed by atoms with Crippen molar-refractivity contribution in [2.75, 3.05) is 35.5 Å². The molecule has 4 aliphatic rings. The minimum Gasteiger partial charge on any atom is -0.507 e. The number of rotatable bonds is 6. The second-order valence-electron chi connectivity index (χ2n) is 12.8. The van der Waals surface area contributed by atoms with Crippen LogP contribution < -0.4 is 0 Å². The van der Waals surface area contributed by atoms with Gasteiger partial charge in [0.05, 0.1) is 42.6 Å². The molecule has 276 valence electrons. The number of phenolic OH excluding ortho intramolecular Hbond substituents is 2. The van der Waals surface area contributed by atoms with Crippen molar-refractivity contribution >= 4 is 40.5 Å². The smallest absolute Gasteiger partial charge is 0.341 e. The maximum absolute atomic E-state index is 14.6. The first-order valence-electron chi connectivity index (χ1n) is 16.0. The van der Waals surface area contributed by atoms with Crippen molar-refractivity contribution in [3.8, 4) is 11.5 Å². The predicted octanol–water partition coefficient (Wildman–Crippen LogP) is 0.749. The van der Waals surface area contributed by atoms with Crippen LogP contribution in [0.15, 0.2) is 22.3 Å². The Kier molecular flexibility index (Phi) is 9.18. The number of carbonyl (C=O) groups excluding carboxylic acids is 5. The van der Waals surface area contributed by atoms with E-state index in [-0.39, 0.29) is 22.6 Å². The molecule has 1 aliphatic heterocycles. The second-order valence-corrected chi connectivity index (χ2v) is 12.8. The monoisotopic (exact) mass is 724 g/mol. The Labute approximate surface area is 295 Å². The molecule has 1 heterocycles. The van der Waals surface area contributed by atoms with Gasteiger partial charge in [-0.05, 0) is 31.0 Å². The third kappa shape index (κ3) is 4.73. The number of Topliss-reactive ketones (excluding diaryl/α,β-unsaturated/α-hetero) is 4. The van der Waals surface area contributed by atoms with Gasteiger partial charge in [0.2, 0.25) is 17.3 Å². The number of hydrogen-bond donors (Lipinski definition) is 4. The number of oxime groups is 1. The van der Waals surface area contributed by atoms with E-state index < -0.39 is 129 Å². The first kappa shape index (κ1) is 36.9. The van der Waals surface area contributed by atoms with Gasteiger partial charge in [0, 0.05) is 44.4 Å². The van der Waals surface area contributed by atoms with Gasteiger partial charge in [0.15, 0.2) is 23.2 Å². The number of hydrogen-bond acceptors (Lipinski definition) is 17. The number of phenols is 2. The summed E-state index contributed by atoms with van der Waals surface area (Å²) in [7, 11) is 6.05. The Balaban J connectivity index is 1.54. The first-order valence-corrected chi connectivity index (χ1v) is 16.0. The zero-order valence-corrected chi connectivity index (χ0v) is 29.1. The fourth-order valence-corrected chi connectivity index (χ4v) is 7.97. The molecule has 52 heavy (non-hydrogen) atoms. The lowest BCUT2D eigenvalue weighted by atomic mass is 9.56. The van der Waals surface area contributed by atoms with Crippen molar-refractivity contribution in [2.24, 2.45) is 10.1 Å². The molecule has 0 spiro atoms. The fraction of sp³-hybridized carbons (Fsp3) is 0.457. The minimum atomic E-state index is -3.23. The maximum atomic E-state index is 14.6. The van der Waals surface area contributed by atoms with E-state index >= 15 is 0 Å². The van der Waals surface area contributed by atoms with Crippen LogP contribution in [0.2, 0.25) is 0 Å². The van der Waals surface area contributed by atoms with E-state index in [2.05, 4.69) is 10.1 Å². The van der Waals surface area contributed by atoms with E-state index in [0.29, 0.717) is 0 Å². The summed E-state index contributed by atoms with van der Waals surface area (Å²) in [5.74, 6) is -7.50. The third-order valence-electron chi connectivity index (χ3n) is 10.2. The number of carbonyl (C=O) groups is 5. The topological polar surface area (TPSA) is 246 Å².